The molecular formula is C13H19N3O5. The van der Waals surface area contributed by atoms with Gasteiger partial charge in [-0.05, 0) is 20.3 Å². The van der Waals surface area contributed by atoms with Gasteiger partial charge in [-0.15, -0.1) is 0 Å². The molecule has 0 aliphatic heterocycles. The number of hydrogen-bond donors (Lipinski definition) is 2. The number of carbonyl (C=O) groups is 2. The summed E-state index contributed by atoms with van der Waals surface area (Å²) in [7, 11) is 0. The normalized spacial score (nSPS) is 12.2. The lowest BCUT2D eigenvalue weighted by atomic mass is 10.1. The standard InChI is InChI=1S/C13H19N3O5/c1-4-5-10(13(18)19)14-12(17)11-6-9(16(20)21)7-15(11)8(2)3/h6-8,10H,4-5H2,1-3H3,(H,14,17)(H,18,19)/t10-/m0/s1. The molecule has 116 valence electrons. The van der Waals surface area contributed by atoms with E-state index in [0.29, 0.717) is 12.8 Å². The number of hydrogen-bond acceptors (Lipinski definition) is 4. The molecule has 21 heavy (non-hydrogen) atoms. The smallest absolute Gasteiger partial charge is 0.326 e. The summed E-state index contributed by atoms with van der Waals surface area (Å²) in [5.74, 6) is -1.75. The number of carbonyl (C=O) groups excluding carboxylic acids is 1. The van der Waals surface area contributed by atoms with Gasteiger partial charge in [0.25, 0.3) is 11.6 Å². The minimum Gasteiger partial charge on any atom is -0.480 e. The summed E-state index contributed by atoms with van der Waals surface area (Å²) in [6, 6.07) is -0.00817. The van der Waals surface area contributed by atoms with Gasteiger partial charge in [0.1, 0.15) is 11.7 Å². The van der Waals surface area contributed by atoms with Crippen LogP contribution in [0.3, 0.4) is 0 Å². The minimum atomic E-state index is -1.12. The lowest BCUT2D eigenvalue weighted by Crippen LogP contribution is -2.41. The van der Waals surface area contributed by atoms with Crippen LogP contribution in [0, 0.1) is 10.1 Å². The molecule has 0 fully saturated rings. The topological polar surface area (TPSA) is 114 Å². The molecule has 0 aliphatic carbocycles. The summed E-state index contributed by atoms with van der Waals surface area (Å²) < 4.78 is 1.46. The van der Waals surface area contributed by atoms with E-state index in [2.05, 4.69) is 5.32 Å². The molecule has 0 spiro atoms. The molecule has 1 rings (SSSR count). The van der Waals surface area contributed by atoms with Crippen LogP contribution >= 0.6 is 0 Å². The summed E-state index contributed by atoms with van der Waals surface area (Å²) >= 11 is 0. The molecule has 1 aromatic heterocycles. The first-order valence-electron chi connectivity index (χ1n) is 6.67. The molecule has 1 amide bonds. The molecule has 1 atom stereocenters. The maximum absolute atomic E-state index is 12.2. The monoisotopic (exact) mass is 297 g/mol. The van der Waals surface area contributed by atoms with Crippen molar-refractivity contribution >= 4 is 17.6 Å². The molecule has 1 heterocycles. The molecule has 0 saturated heterocycles. The fourth-order valence-electron chi connectivity index (χ4n) is 1.95. The summed E-state index contributed by atoms with van der Waals surface area (Å²) in [6.07, 6.45) is 2.17. The van der Waals surface area contributed by atoms with Crippen molar-refractivity contribution in [2.24, 2.45) is 0 Å². The van der Waals surface area contributed by atoms with Gasteiger partial charge in [-0.3, -0.25) is 14.9 Å². The molecule has 2 N–H and O–H groups in total. The number of nitrogens with zero attached hydrogens (tertiary/aromatic N) is 2. The Kier molecular flexibility index (Phi) is 5.45. The van der Waals surface area contributed by atoms with Gasteiger partial charge in [-0.1, -0.05) is 13.3 Å². The van der Waals surface area contributed by atoms with Gasteiger partial charge in [0, 0.05) is 12.1 Å². The van der Waals surface area contributed by atoms with Gasteiger partial charge in [0.05, 0.1) is 11.1 Å². The molecule has 1 aromatic rings. The average molecular weight is 297 g/mol. The Labute approximate surface area is 121 Å². The van der Waals surface area contributed by atoms with E-state index < -0.39 is 22.8 Å². The zero-order chi connectivity index (χ0) is 16.2. The van der Waals surface area contributed by atoms with Crippen molar-refractivity contribution in [3.63, 3.8) is 0 Å². The third kappa shape index (κ3) is 4.04. The van der Waals surface area contributed by atoms with Crippen molar-refractivity contribution in [2.45, 2.75) is 45.7 Å². The number of carboxylic acid groups (broad SMARTS) is 1. The predicted molar refractivity (Wildman–Crippen MR) is 75.3 cm³/mol. The van der Waals surface area contributed by atoms with Crippen LogP contribution in [0.2, 0.25) is 0 Å². The van der Waals surface area contributed by atoms with Crippen molar-refractivity contribution in [2.75, 3.05) is 0 Å². The highest BCUT2D eigenvalue weighted by molar-refractivity contribution is 5.96. The molecule has 0 bridgehead atoms. The molecule has 8 nitrogen and oxygen atoms in total. The van der Waals surface area contributed by atoms with E-state index in [4.69, 9.17) is 5.11 Å². The number of rotatable bonds is 7. The molecular weight excluding hydrogens is 278 g/mol. The summed E-state index contributed by atoms with van der Waals surface area (Å²) in [5.41, 5.74) is -0.115. The second-order valence-electron chi connectivity index (χ2n) is 4.99. The van der Waals surface area contributed by atoms with Crippen LogP contribution in [0.5, 0.6) is 0 Å². The fraction of sp³-hybridized carbons (Fsp3) is 0.538. The van der Waals surface area contributed by atoms with Gasteiger partial charge in [-0.2, -0.15) is 0 Å². The zero-order valence-corrected chi connectivity index (χ0v) is 12.2. The second-order valence-corrected chi connectivity index (χ2v) is 4.99. The van der Waals surface area contributed by atoms with Crippen LogP contribution in [-0.2, 0) is 4.79 Å². The van der Waals surface area contributed by atoms with Crippen molar-refractivity contribution in [1.29, 1.82) is 0 Å². The molecule has 8 heteroatoms. The van der Waals surface area contributed by atoms with Crippen molar-refractivity contribution in [1.82, 2.24) is 9.88 Å². The van der Waals surface area contributed by atoms with E-state index in [1.54, 1.807) is 13.8 Å². The number of amides is 1. The Hall–Kier alpha value is -2.38. The van der Waals surface area contributed by atoms with E-state index in [9.17, 15) is 19.7 Å². The molecule has 0 saturated carbocycles. The highest BCUT2D eigenvalue weighted by atomic mass is 16.6. The molecule has 0 aliphatic rings. The van der Waals surface area contributed by atoms with Crippen LogP contribution in [0.4, 0.5) is 5.69 Å². The first-order chi connectivity index (χ1) is 9.77. The Balaban J connectivity index is 3.05. The van der Waals surface area contributed by atoms with Crippen LogP contribution in [0.25, 0.3) is 0 Å². The first-order valence-corrected chi connectivity index (χ1v) is 6.67. The Morgan fingerprint density at radius 2 is 2.10 bits per heavy atom. The lowest BCUT2D eigenvalue weighted by Gasteiger charge is -2.16. The molecule has 0 unspecified atom stereocenters. The van der Waals surface area contributed by atoms with E-state index in [1.165, 1.54) is 10.8 Å². The zero-order valence-electron chi connectivity index (χ0n) is 12.2. The average Bonchev–Trinajstić information content (AvgIpc) is 2.83. The van der Waals surface area contributed by atoms with Crippen LogP contribution < -0.4 is 5.32 Å². The van der Waals surface area contributed by atoms with E-state index in [1.807, 2.05) is 6.92 Å². The maximum atomic E-state index is 12.2. The largest absolute Gasteiger partial charge is 0.480 e. The van der Waals surface area contributed by atoms with Crippen molar-refractivity contribution in [3.8, 4) is 0 Å². The number of aliphatic carboxylic acids is 1. The predicted octanol–water partition coefficient (Wildman–Crippen LogP) is 1.96. The number of nitrogens with one attached hydrogen (secondary N) is 1. The van der Waals surface area contributed by atoms with Crippen LogP contribution in [0.15, 0.2) is 12.3 Å². The van der Waals surface area contributed by atoms with Crippen LogP contribution in [0.1, 0.15) is 50.1 Å². The lowest BCUT2D eigenvalue weighted by molar-refractivity contribution is -0.384. The Bertz CT molecular complexity index is 550. The fourth-order valence-corrected chi connectivity index (χ4v) is 1.95. The highest BCUT2D eigenvalue weighted by Gasteiger charge is 2.25. The Morgan fingerprint density at radius 3 is 2.52 bits per heavy atom. The van der Waals surface area contributed by atoms with Gasteiger partial charge >= 0.3 is 5.97 Å². The number of nitro groups is 1. The van der Waals surface area contributed by atoms with Crippen LogP contribution in [-0.4, -0.2) is 32.5 Å². The number of carboxylic acids is 1. The van der Waals surface area contributed by atoms with Gasteiger partial charge in [-0.25, -0.2) is 4.79 Å². The van der Waals surface area contributed by atoms with E-state index in [-0.39, 0.29) is 17.4 Å². The summed E-state index contributed by atoms with van der Waals surface area (Å²) in [6.45, 7) is 5.37. The number of aromatic nitrogens is 1. The molecule has 0 aromatic carbocycles. The van der Waals surface area contributed by atoms with Crippen molar-refractivity contribution < 1.29 is 19.6 Å². The van der Waals surface area contributed by atoms with Gasteiger partial charge < -0.3 is 15.0 Å². The second kappa shape index (κ2) is 6.87. The van der Waals surface area contributed by atoms with Crippen molar-refractivity contribution in [3.05, 3.63) is 28.1 Å². The summed E-state index contributed by atoms with van der Waals surface area (Å²) in [4.78, 5) is 33.5. The maximum Gasteiger partial charge on any atom is 0.326 e. The quantitative estimate of drug-likeness (QED) is 0.589. The van der Waals surface area contributed by atoms with E-state index in [0.717, 1.165) is 6.07 Å². The van der Waals surface area contributed by atoms with E-state index >= 15 is 0 Å². The molecule has 0 radical (unpaired) electrons. The third-order valence-electron chi connectivity index (χ3n) is 3.01. The highest BCUT2D eigenvalue weighted by Crippen LogP contribution is 2.20. The Morgan fingerprint density at radius 1 is 1.48 bits per heavy atom. The minimum absolute atomic E-state index is 0.0825. The summed E-state index contributed by atoms with van der Waals surface area (Å²) in [5, 5.41) is 22.3. The third-order valence-corrected chi connectivity index (χ3v) is 3.01. The van der Waals surface area contributed by atoms with Gasteiger partial charge in [0.15, 0.2) is 0 Å². The first kappa shape index (κ1) is 16.7. The SMILES string of the molecule is CCC[C@H](NC(=O)c1cc([N+](=O)[O-])cn1C(C)C)C(=O)O. The van der Waals surface area contributed by atoms with Gasteiger partial charge in [0.2, 0.25) is 0 Å².